The fourth-order valence-electron chi connectivity index (χ4n) is 1.28. The molecule has 0 N–H and O–H groups in total. The molecule has 0 aromatic carbocycles. The average Bonchev–Trinajstić information content (AvgIpc) is 2.60. The highest BCUT2D eigenvalue weighted by Gasteiger charge is 2.49. The number of ether oxygens (including phenoxy) is 1. The lowest BCUT2D eigenvalue weighted by Gasteiger charge is -1.97. The number of rotatable bonds is 4. The summed E-state index contributed by atoms with van der Waals surface area (Å²) >= 11 is 0. The van der Waals surface area contributed by atoms with Gasteiger partial charge in [-0.05, 0) is 18.8 Å². The highest BCUT2D eigenvalue weighted by atomic mass is 16.5. The first kappa shape index (κ1) is 9.30. The summed E-state index contributed by atoms with van der Waals surface area (Å²) in [5, 5.41) is 0. The van der Waals surface area contributed by atoms with Crippen molar-refractivity contribution >= 4 is 5.78 Å². The lowest BCUT2D eigenvalue weighted by molar-refractivity contribution is -0.116. The van der Waals surface area contributed by atoms with Gasteiger partial charge in [-0.1, -0.05) is 13.8 Å². The van der Waals surface area contributed by atoms with Gasteiger partial charge >= 0.3 is 0 Å². The van der Waals surface area contributed by atoms with E-state index >= 15 is 0 Å². The van der Waals surface area contributed by atoms with Crippen LogP contribution < -0.4 is 0 Å². The predicted octanol–water partition coefficient (Wildman–Crippen LogP) is 2.15. The second kappa shape index (κ2) is 3.30. The molecular formula is C10H16O2. The van der Waals surface area contributed by atoms with Crippen molar-refractivity contribution in [3.8, 4) is 0 Å². The molecule has 2 heteroatoms. The van der Waals surface area contributed by atoms with E-state index in [0.717, 1.165) is 6.42 Å². The maximum atomic E-state index is 11.3. The predicted molar refractivity (Wildman–Crippen MR) is 47.7 cm³/mol. The van der Waals surface area contributed by atoms with Crippen LogP contribution in [0.25, 0.3) is 0 Å². The van der Waals surface area contributed by atoms with Crippen molar-refractivity contribution in [3.05, 3.63) is 12.3 Å². The normalized spacial score (nSPS) is 25.8. The van der Waals surface area contributed by atoms with Crippen molar-refractivity contribution in [3.63, 3.8) is 0 Å². The summed E-state index contributed by atoms with van der Waals surface area (Å²) in [7, 11) is 0. The van der Waals surface area contributed by atoms with Crippen LogP contribution in [-0.4, -0.2) is 12.4 Å². The first-order chi connectivity index (χ1) is 5.58. The summed E-state index contributed by atoms with van der Waals surface area (Å²) in [5.41, 5.74) is 0.230. The van der Waals surface area contributed by atoms with Crippen LogP contribution in [0.5, 0.6) is 0 Å². The highest BCUT2D eigenvalue weighted by Crippen LogP contribution is 2.52. The molecule has 1 aliphatic carbocycles. The molecule has 0 spiro atoms. The van der Waals surface area contributed by atoms with Crippen molar-refractivity contribution in [2.45, 2.75) is 27.2 Å². The van der Waals surface area contributed by atoms with Crippen LogP contribution in [-0.2, 0) is 9.53 Å². The zero-order valence-electron chi connectivity index (χ0n) is 7.96. The van der Waals surface area contributed by atoms with Crippen LogP contribution in [0.4, 0.5) is 0 Å². The van der Waals surface area contributed by atoms with Crippen molar-refractivity contribution in [2.24, 2.45) is 11.3 Å². The van der Waals surface area contributed by atoms with E-state index in [2.05, 4.69) is 13.8 Å². The summed E-state index contributed by atoms with van der Waals surface area (Å²) in [6.07, 6.45) is 4.06. The zero-order chi connectivity index (χ0) is 9.19. The van der Waals surface area contributed by atoms with Gasteiger partial charge in [0.05, 0.1) is 12.9 Å². The molecule has 68 valence electrons. The maximum absolute atomic E-state index is 11.3. The molecule has 0 heterocycles. The standard InChI is InChI=1S/C10H16O2/c1-4-12-6-5-9(11)8-7-10(8,2)3/h5-6,8H,4,7H2,1-3H3/b6-5+. The van der Waals surface area contributed by atoms with Gasteiger partial charge in [0.15, 0.2) is 5.78 Å². The molecule has 0 aromatic rings. The van der Waals surface area contributed by atoms with Crippen LogP contribution >= 0.6 is 0 Å². The third-order valence-electron chi connectivity index (χ3n) is 2.35. The Morgan fingerprint density at radius 2 is 2.25 bits per heavy atom. The Labute approximate surface area is 73.6 Å². The van der Waals surface area contributed by atoms with Gasteiger partial charge in [0.1, 0.15) is 0 Å². The molecule has 12 heavy (non-hydrogen) atoms. The quantitative estimate of drug-likeness (QED) is 0.475. The number of carbonyl (C=O) groups excluding carboxylic acids is 1. The minimum absolute atomic E-state index is 0.202. The van der Waals surface area contributed by atoms with Crippen molar-refractivity contribution in [1.29, 1.82) is 0 Å². The molecule has 1 unspecified atom stereocenters. The lowest BCUT2D eigenvalue weighted by atomic mass is 10.1. The van der Waals surface area contributed by atoms with E-state index in [9.17, 15) is 4.79 Å². The largest absolute Gasteiger partial charge is 0.501 e. The Kier molecular flexibility index (Phi) is 2.55. The van der Waals surface area contributed by atoms with Gasteiger partial charge in [-0.2, -0.15) is 0 Å². The lowest BCUT2D eigenvalue weighted by Crippen LogP contribution is -2.02. The van der Waals surface area contributed by atoms with Crippen LogP contribution in [0.15, 0.2) is 12.3 Å². The Morgan fingerprint density at radius 1 is 1.67 bits per heavy atom. The van der Waals surface area contributed by atoms with Crippen molar-refractivity contribution < 1.29 is 9.53 Å². The molecule has 0 saturated heterocycles. The number of carbonyl (C=O) groups is 1. The molecule has 0 bridgehead atoms. The Balaban J connectivity index is 2.31. The molecule has 0 amide bonds. The molecule has 1 rings (SSSR count). The summed E-state index contributed by atoms with van der Waals surface area (Å²) in [6, 6.07) is 0. The first-order valence-electron chi connectivity index (χ1n) is 4.40. The fourth-order valence-corrected chi connectivity index (χ4v) is 1.28. The van der Waals surface area contributed by atoms with E-state index in [1.54, 1.807) is 6.08 Å². The molecule has 0 aliphatic heterocycles. The minimum atomic E-state index is 0.202. The van der Waals surface area contributed by atoms with Crippen LogP contribution in [0.3, 0.4) is 0 Å². The number of hydrogen-bond donors (Lipinski definition) is 0. The third-order valence-corrected chi connectivity index (χ3v) is 2.35. The molecule has 0 radical (unpaired) electrons. The second-order valence-electron chi connectivity index (χ2n) is 3.91. The average molecular weight is 168 g/mol. The van der Waals surface area contributed by atoms with E-state index in [0.29, 0.717) is 6.61 Å². The number of hydrogen-bond acceptors (Lipinski definition) is 2. The van der Waals surface area contributed by atoms with Crippen molar-refractivity contribution in [1.82, 2.24) is 0 Å². The van der Waals surface area contributed by atoms with Crippen LogP contribution in [0.1, 0.15) is 27.2 Å². The summed E-state index contributed by atoms with van der Waals surface area (Å²) < 4.78 is 4.95. The van der Waals surface area contributed by atoms with Gasteiger partial charge in [-0.15, -0.1) is 0 Å². The van der Waals surface area contributed by atoms with Gasteiger partial charge in [0, 0.05) is 12.0 Å². The molecule has 1 fully saturated rings. The van der Waals surface area contributed by atoms with Crippen LogP contribution in [0, 0.1) is 11.3 Å². The number of ketones is 1. The van der Waals surface area contributed by atoms with E-state index in [-0.39, 0.29) is 17.1 Å². The zero-order valence-corrected chi connectivity index (χ0v) is 7.96. The minimum Gasteiger partial charge on any atom is -0.501 e. The monoisotopic (exact) mass is 168 g/mol. The Hall–Kier alpha value is -0.790. The van der Waals surface area contributed by atoms with E-state index < -0.39 is 0 Å². The van der Waals surface area contributed by atoms with E-state index in [1.807, 2.05) is 6.92 Å². The molecule has 2 nitrogen and oxygen atoms in total. The smallest absolute Gasteiger partial charge is 0.162 e. The fraction of sp³-hybridized carbons (Fsp3) is 0.700. The molecule has 1 aliphatic rings. The summed E-state index contributed by atoms with van der Waals surface area (Å²) in [6.45, 7) is 6.75. The molecule has 0 aromatic heterocycles. The topological polar surface area (TPSA) is 26.3 Å². The third kappa shape index (κ3) is 2.10. The Bertz CT molecular complexity index is 204. The summed E-state index contributed by atoms with van der Waals surface area (Å²) in [4.78, 5) is 11.3. The van der Waals surface area contributed by atoms with Crippen molar-refractivity contribution in [2.75, 3.05) is 6.61 Å². The SMILES string of the molecule is CCO/C=C/C(=O)C1CC1(C)C. The van der Waals surface area contributed by atoms with Crippen LogP contribution in [0.2, 0.25) is 0 Å². The molecular weight excluding hydrogens is 152 g/mol. The van der Waals surface area contributed by atoms with Gasteiger partial charge in [0.2, 0.25) is 0 Å². The maximum Gasteiger partial charge on any atom is 0.162 e. The van der Waals surface area contributed by atoms with Gasteiger partial charge in [0.25, 0.3) is 0 Å². The number of allylic oxidation sites excluding steroid dienone is 1. The van der Waals surface area contributed by atoms with E-state index in [1.165, 1.54) is 6.26 Å². The van der Waals surface area contributed by atoms with Gasteiger partial charge < -0.3 is 4.74 Å². The van der Waals surface area contributed by atoms with E-state index in [4.69, 9.17) is 4.74 Å². The highest BCUT2D eigenvalue weighted by molar-refractivity contribution is 5.94. The summed E-state index contributed by atoms with van der Waals surface area (Å²) in [5.74, 6) is 0.433. The van der Waals surface area contributed by atoms with Gasteiger partial charge in [-0.3, -0.25) is 4.79 Å². The molecule has 1 saturated carbocycles. The van der Waals surface area contributed by atoms with Gasteiger partial charge in [-0.25, -0.2) is 0 Å². The first-order valence-corrected chi connectivity index (χ1v) is 4.40. The second-order valence-corrected chi connectivity index (χ2v) is 3.91. The molecule has 1 atom stereocenters. The Morgan fingerprint density at radius 3 is 2.67 bits per heavy atom.